The quantitative estimate of drug-likeness (QED) is 0.796. The van der Waals surface area contributed by atoms with Crippen LogP contribution in [0, 0.1) is 6.92 Å². The Morgan fingerprint density at radius 2 is 2.25 bits per heavy atom. The van der Waals surface area contributed by atoms with Crippen molar-refractivity contribution >= 4 is 0 Å². The minimum atomic E-state index is -0.425. The third-order valence-corrected chi connectivity index (χ3v) is 3.01. The van der Waals surface area contributed by atoms with Crippen LogP contribution in [-0.2, 0) is 0 Å². The number of aliphatic hydroxyl groups excluding tert-OH is 1. The molecule has 1 fully saturated rings. The highest BCUT2D eigenvalue weighted by Crippen LogP contribution is 2.24. The first-order valence-electron chi connectivity index (χ1n) is 5.76. The van der Waals surface area contributed by atoms with Crippen molar-refractivity contribution in [2.75, 3.05) is 13.7 Å². The highest BCUT2D eigenvalue weighted by molar-refractivity contribution is 5.36. The molecule has 3 heteroatoms. The fourth-order valence-electron chi connectivity index (χ4n) is 1.82. The second-order valence-electron chi connectivity index (χ2n) is 4.42. The van der Waals surface area contributed by atoms with E-state index in [1.165, 1.54) is 12.8 Å². The zero-order chi connectivity index (χ0) is 11.5. The molecule has 0 spiro atoms. The average molecular weight is 221 g/mol. The third kappa shape index (κ3) is 2.74. The minimum Gasteiger partial charge on any atom is -0.497 e. The highest BCUT2D eigenvalue weighted by Gasteiger charge is 2.22. The second-order valence-corrected chi connectivity index (χ2v) is 4.42. The van der Waals surface area contributed by atoms with Crippen molar-refractivity contribution in [3.8, 4) is 5.75 Å². The van der Waals surface area contributed by atoms with Gasteiger partial charge in [-0.2, -0.15) is 0 Å². The largest absolute Gasteiger partial charge is 0.497 e. The van der Waals surface area contributed by atoms with Crippen LogP contribution in [0.15, 0.2) is 18.2 Å². The zero-order valence-electron chi connectivity index (χ0n) is 9.86. The number of nitrogens with one attached hydrogen (secondary N) is 1. The van der Waals surface area contributed by atoms with Crippen LogP contribution in [-0.4, -0.2) is 24.8 Å². The molecular formula is C13H19NO2. The molecule has 1 aromatic carbocycles. The van der Waals surface area contributed by atoms with E-state index in [4.69, 9.17) is 4.74 Å². The summed E-state index contributed by atoms with van der Waals surface area (Å²) in [6, 6.07) is 6.42. The molecule has 2 N–H and O–H groups in total. The molecule has 0 radical (unpaired) electrons. The normalized spacial score (nSPS) is 17.2. The Morgan fingerprint density at radius 3 is 2.81 bits per heavy atom. The Labute approximate surface area is 96.4 Å². The molecule has 0 aromatic heterocycles. The molecule has 1 atom stereocenters. The fraction of sp³-hybridized carbons (Fsp3) is 0.538. The average Bonchev–Trinajstić information content (AvgIpc) is 3.09. The topological polar surface area (TPSA) is 41.5 Å². The zero-order valence-corrected chi connectivity index (χ0v) is 9.86. The van der Waals surface area contributed by atoms with E-state index in [0.29, 0.717) is 12.6 Å². The van der Waals surface area contributed by atoms with Gasteiger partial charge in [0.05, 0.1) is 13.2 Å². The summed E-state index contributed by atoms with van der Waals surface area (Å²) in [7, 11) is 1.65. The highest BCUT2D eigenvalue weighted by atomic mass is 16.5. The van der Waals surface area contributed by atoms with Crippen LogP contribution in [0.1, 0.15) is 30.1 Å². The van der Waals surface area contributed by atoms with Gasteiger partial charge in [-0.15, -0.1) is 0 Å². The molecule has 0 amide bonds. The van der Waals surface area contributed by atoms with Crippen molar-refractivity contribution in [3.63, 3.8) is 0 Å². The van der Waals surface area contributed by atoms with Gasteiger partial charge >= 0.3 is 0 Å². The number of methoxy groups -OCH3 is 1. The smallest absolute Gasteiger partial charge is 0.119 e. The van der Waals surface area contributed by atoms with Gasteiger partial charge in [0.25, 0.3) is 0 Å². The van der Waals surface area contributed by atoms with Crippen LogP contribution in [0.4, 0.5) is 0 Å². The van der Waals surface area contributed by atoms with Crippen LogP contribution in [0.25, 0.3) is 0 Å². The van der Waals surface area contributed by atoms with Gasteiger partial charge in [0.2, 0.25) is 0 Å². The van der Waals surface area contributed by atoms with E-state index in [-0.39, 0.29) is 0 Å². The van der Waals surface area contributed by atoms with Crippen molar-refractivity contribution in [1.82, 2.24) is 5.32 Å². The van der Waals surface area contributed by atoms with E-state index < -0.39 is 6.10 Å². The molecule has 88 valence electrons. The fourth-order valence-corrected chi connectivity index (χ4v) is 1.82. The molecule has 2 rings (SSSR count). The lowest BCUT2D eigenvalue weighted by atomic mass is 10.0. The molecule has 16 heavy (non-hydrogen) atoms. The molecule has 1 aliphatic rings. The molecule has 1 unspecified atom stereocenters. The van der Waals surface area contributed by atoms with Gasteiger partial charge in [-0.3, -0.25) is 0 Å². The molecule has 1 aliphatic carbocycles. The molecule has 1 saturated carbocycles. The number of hydrogen-bond acceptors (Lipinski definition) is 3. The molecule has 0 heterocycles. The monoisotopic (exact) mass is 221 g/mol. The molecular weight excluding hydrogens is 202 g/mol. The summed E-state index contributed by atoms with van der Waals surface area (Å²) in [5, 5.41) is 13.4. The summed E-state index contributed by atoms with van der Waals surface area (Å²) in [4.78, 5) is 0. The predicted octanol–water partition coefficient (Wildman–Crippen LogP) is 1.79. The van der Waals surface area contributed by atoms with Crippen molar-refractivity contribution in [1.29, 1.82) is 0 Å². The predicted molar refractivity (Wildman–Crippen MR) is 63.7 cm³/mol. The second kappa shape index (κ2) is 4.85. The summed E-state index contributed by atoms with van der Waals surface area (Å²) < 4.78 is 5.14. The van der Waals surface area contributed by atoms with Crippen molar-refractivity contribution < 1.29 is 9.84 Å². The lowest BCUT2D eigenvalue weighted by molar-refractivity contribution is 0.173. The maximum absolute atomic E-state index is 10.0. The van der Waals surface area contributed by atoms with Crippen LogP contribution < -0.4 is 10.1 Å². The number of benzene rings is 1. The molecule has 0 bridgehead atoms. The first kappa shape index (κ1) is 11.4. The van der Waals surface area contributed by atoms with Crippen molar-refractivity contribution in [3.05, 3.63) is 29.3 Å². The van der Waals surface area contributed by atoms with Gasteiger partial charge in [0.1, 0.15) is 5.75 Å². The number of rotatable bonds is 5. The van der Waals surface area contributed by atoms with E-state index in [1.807, 2.05) is 25.1 Å². The molecule has 1 aromatic rings. The van der Waals surface area contributed by atoms with Crippen LogP contribution in [0.5, 0.6) is 5.75 Å². The third-order valence-electron chi connectivity index (χ3n) is 3.01. The van der Waals surface area contributed by atoms with Gasteiger partial charge in [-0.05, 0) is 43.0 Å². The Kier molecular flexibility index (Phi) is 3.46. The maximum Gasteiger partial charge on any atom is 0.119 e. The summed E-state index contributed by atoms with van der Waals surface area (Å²) in [6.45, 7) is 2.63. The first-order chi connectivity index (χ1) is 7.70. The standard InChI is InChI=1S/C13H19NO2/c1-9-7-11(16-2)5-6-12(9)13(15)8-14-10-3-4-10/h5-7,10,13-15H,3-4,8H2,1-2H3. The van der Waals surface area contributed by atoms with Gasteiger partial charge in [0, 0.05) is 12.6 Å². The first-order valence-corrected chi connectivity index (χ1v) is 5.76. The van der Waals surface area contributed by atoms with Gasteiger partial charge in [0.15, 0.2) is 0 Å². The number of aliphatic hydroxyl groups is 1. The Bertz CT molecular complexity index is 361. The van der Waals surface area contributed by atoms with E-state index in [0.717, 1.165) is 16.9 Å². The number of aryl methyl sites for hydroxylation is 1. The van der Waals surface area contributed by atoms with Crippen molar-refractivity contribution in [2.45, 2.75) is 31.9 Å². The maximum atomic E-state index is 10.0. The van der Waals surface area contributed by atoms with Gasteiger partial charge < -0.3 is 15.2 Å². The van der Waals surface area contributed by atoms with Crippen LogP contribution in [0.3, 0.4) is 0 Å². The van der Waals surface area contributed by atoms with E-state index in [2.05, 4.69) is 5.32 Å². The van der Waals surface area contributed by atoms with Crippen LogP contribution >= 0.6 is 0 Å². The Hall–Kier alpha value is -1.06. The lowest BCUT2D eigenvalue weighted by Crippen LogP contribution is -2.23. The van der Waals surface area contributed by atoms with E-state index >= 15 is 0 Å². The Balaban J connectivity index is 2.00. The van der Waals surface area contributed by atoms with Gasteiger partial charge in [-0.25, -0.2) is 0 Å². The Morgan fingerprint density at radius 1 is 1.50 bits per heavy atom. The minimum absolute atomic E-state index is 0.425. The summed E-state index contributed by atoms with van der Waals surface area (Å²) in [5.41, 5.74) is 2.05. The lowest BCUT2D eigenvalue weighted by Gasteiger charge is -2.15. The van der Waals surface area contributed by atoms with Crippen molar-refractivity contribution in [2.24, 2.45) is 0 Å². The van der Waals surface area contributed by atoms with E-state index in [1.54, 1.807) is 7.11 Å². The number of hydrogen-bond donors (Lipinski definition) is 2. The van der Waals surface area contributed by atoms with Gasteiger partial charge in [-0.1, -0.05) is 6.07 Å². The molecule has 0 saturated heterocycles. The summed E-state index contributed by atoms with van der Waals surface area (Å²) >= 11 is 0. The van der Waals surface area contributed by atoms with E-state index in [9.17, 15) is 5.11 Å². The SMILES string of the molecule is COc1ccc(C(O)CNC2CC2)c(C)c1. The molecule has 3 nitrogen and oxygen atoms in total. The molecule has 0 aliphatic heterocycles. The summed E-state index contributed by atoms with van der Waals surface area (Å²) in [5.74, 6) is 0.837. The number of ether oxygens (including phenoxy) is 1. The van der Waals surface area contributed by atoms with Crippen LogP contribution in [0.2, 0.25) is 0 Å². The summed E-state index contributed by atoms with van der Waals surface area (Å²) in [6.07, 6.45) is 2.06.